The summed E-state index contributed by atoms with van der Waals surface area (Å²) in [6.07, 6.45) is 5.00. The molecule has 0 spiro atoms. The molecule has 1 N–H and O–H groups in total. The fourth-order valence-electron chi connectivity index (χ4n) is 6.08. The summed E-state index contributed by atoms with van der Waals surface area (Å²) in [7, 11) is 0. The molecule has 0 radical (unpaired) electrons. The zero-order valence-electron chi connectivity index (χ0n) is 26.8. The minimum Gasteiger partial charge on any atom is -0.379 e. The predicted molar refractivity (Wildman–Crippen MR) is 186 cm³/mol. The van der Waals surface area contributed by atoms with E-state index < -0.39 is 23.1 Å². The van der Waals surface area contributed by atoms with Crippen LogP contribution in [0.2, 0.25) is 0 Å². The van der Waals surface area contributed by atoms with Crippen LogP contribution in [-0.2, 0) is 17.6 Å². The largest absolute Gasteiger partial charge is 0.379 e. The topological polar surface area (TPSA) is 84.7 Å². The van der Waals surface area contributed by atoms with Crippen molar-refractivity contribution in [2.75, 3.05) is 38.2 Å². The SMILES string of the molecule is C=C(Cc1nccc(-c2c(-c3cccc(NC(=O)c4c(F)cccc4F)c3)nn3ccccc23)n1)c1cccc(CCN2CCOCC2)c1. The van der Waals surface area contributed by atoms with Crippen LogP contribution < -0.4 is 5.32 Å². The summed E-state index contributed by atoms with van der Waals surface area (Å²) in [4.78, 5) is 24.8. The van der Waals surface area contributed by atoms with E-state index in [0.717, 1.165) is 73.6 Å². The zero-order chi connectivity index (χ0) is 33.7. The third-order valence-corrected chi connectivity index (χ3v) is 8.61. The van der Waals surface area contributed by atoms with E-state index in [1.807, 2.05) is 36.5 Å². The van der Waals surface area contributed by atoms with Crippen molar-refractivity contribution in [1.82, 2.24) is 24.5 Å². The molecule has 1 aliphatic heterocycles. The van der Waals surface area contributed by atoms with Gasteiger partial charge < -0.3 is 10.1 Å². The van der Waals surface area contributed by atoms with E-state index in [1.54, 1.807) is 28.9 Å². The van der Waals surface area contributed by atoms with Gasteiger partial charge >= 0.3 is 0 Å². The Bertz CT molecular complexity index is 2140. The molecule has 7 rings (SSSR count). The van der Waals surface area contributed by atoms with Crippen molar-refractivity contribution in [2.24, 2.45) is 0 Å². The third-order valence-electron chi connectivity index (χ3n) is 8.61. The highest BCUT2D eigenvalue weighted by atomic mass is 19.1. The van der Waals surface area contributed by atoms with Gasteiger partial charge in [0, 0.05) is 49.7 Å². The summed E-state index contributed by atoms with van der Waals surface area (Å²) in [6, 6.07) is 26.4. The molecule has 1 amide bonds. The summed E-state index contributed by atoms with van der Waals surface area (Å²) >= 11 is 0. The number of carbonyl (C=O) groups is 1. The number of morpholine rings is 1. The van der Waals surface area contributed by atoms with Crippen molar-refractivity contribution in [3.05, 3.63) is 144 Å². The Labute approximate surface area is 282 Å². The predicted octanol–water partition coefficient (Wildman–Crippen LogP) is 7.12. The molecule has 246 valence electrons. The van der Waals surface area contributed by atoms with E-state index in [2.05, 4.69) is 46.0 Å². The maximum Gasteiger partial charge on any atom is 0.261 e. The van der Waals surface area contributed by atoms with Gasteiger partial charge in [0.1, 0.15) is 28.7 Å². The molecule has 0 saturated carbocycles. The highest BCUT2D eigenvalue weighted by Crippen LogP contribution is 2.35. The Morgan fingerprint density at radius 1 is 0.918 bits per heavy atom. The molecule has 0 aliphatic carbocycles. The number of nitrogens with zero attached hydrogens (tertiary/aromatic N) is 5. The number of allylic oxidation sites excluding steroid dienone is 1. The Balaban J connectivity index is 1.15. The number of nitrogens with one attached hydrogen (secondary N) is 1. The molecule has 4 heterocycles. The summed E-state index contributed by atoms with van der Waals surface area (Å²) in [5.41, 5.74) is 6.54. The lowest BCUT2D eigenvalue weighted by Gasteiger charge is -2.26. The minimum absolute atomic E-state index is 0.361. The van der Waals surface area contributed by atoms with Crippen LogP contribution in [0.3, 0.4) is 0 Å². The molecule has 0 atom stereocenters. The lowest BCUT2D eigenvalue weighted by Crippen LogP contribution is -2.37. The Morgan fingerprint density at radius 3 is 2.55 bits per heavy atom. The number of amides is 1. The van der Waals surface area contributed by atoms with Gasteiger partial charge in [-0.2, -0.15) is 5.10 Å². The van der Waals surface area contributed by atoms with Gasteiger partial charge in [-0.05, 0) is 65.6 Å². The van der Waals surface area contributed by atoms with Crippen LogP contribution in [0.15, 0.2) is 110 Å². The molecular formula is C39H34F2N6O2. The lowest BCUT2D eigenvalue weighted by atomic mass is 10.00. The first-order chi connectivity index (χ1) is 23.9. The summed E-state index contributed by atoms with van der Waals surface area (Å²) < 4.78 is 35.8. The number of hydrogen-bond donors (Lipinski definition) is 1. The van der Waals surface area contributed by atoms with E-state index >= 15 is 0 Å². The summed E-state index contributed by atoms with van der Waals surface area (Å²) in [5, 5.41) is 7.48. The number of benzene rings is 3. The van der Waals surface area contributed by atoms with Crippen LogP contribution in [-0.4, -0.2) is 63.2 Å². The van der Waals surface area contributed by atoms with Crippen LogP contribution in [0.1, 0.15) is 27.3 Å². The quantitative estimate of drug-likeness (QED) is 0.169. The number of halogens is 2. The number of aromatic nitrogens is 4. The molecule has 8 nitrogen and oxygen atoms in total. The van der Waals surface area contributed by atoms with E-state index in [0.29, 0.717) is 34.9 Å². The fourth-order valence-corrected chi connectivity index (χ4v) is 6.08. The van der Waals surface area contributed by atoms with Gasteiger partial charge in [-0.1, -0.05) is 55.1 Å². The molecule has 1 aliphatic rings. The number of rotatable bonds is 10. The van der Waals surface area contributed by atoms with E-state index in [4.69, 9.17) is 14.8 Å². The van der Waals surface area contributed by atoms with Crippen LogP contribution in [0.25, 0.3) is 33.6 Å². The molecule has 10 heteroatoms. The smallest absolute Gasteiger partial charge is 0.261 e. The van der Waals surface area contributed by atoms with Crippen molar-refractivity contribution in [3.8, 4) is 22.5 Å². The first-order valence-electron chi connectivity index (χ1n) is 16.2. The molecule has 49 heavy (non-hydrogen) atoms. The number of fused-ring (bicyclic) bond motifs is 1. The first kappa shape index (κ1) is 32.0. The van der Waals surface area contributed by atoms with Crippen molar-refractivity contribution in [3.63, 3.8) is 0 Å². The highest BCUT2D eigenvalue weighted by molar-refractivity contribution is 6.05. The van der Waals surface area contributed by atoms with Gasteiger partial charge in [0.2, 0.25) is 0 Å². The Kier molecular flexibility index (Phi) is 9.31. The zero-order valence-corrected chi connectivity index (χ0v) is 26.8. The normalized spacial score (nSPS) is 13.4. The Hall–Kier alpha value is -5.58. The molecule has 0 unspecified atom stereocenters. The Morgan fingerprint density at radius 2 is 1.71 bits per heavy atom. The number of ether oxygens (including phenoxy) is 1. The van der Waals surface area contributed by atoms with Crippen molar-refractivity contribution >= 4 is 22.7 Å². The van der Waals surface area contributed by atoms with Gasteiger partial charge in [-0.25, -0.2) is 23.3 Å². The van der Waals surface area contributed by atoms with Gasteiger partial charge in [0.25, 0.3) is 5.91 Å². The van der Waals surface area contributed by atoms with Crippen LogP contribution in [0.4, 0.5) is 14.5 Å². The fraction of sp³-hybridized carbons (Fsp3) is 0.179. The number of pyridine rings is 1. The van der Waals surface area contributed by atoms with Gasteiger partial charge in [0.15, 0.2) is 0 Å². The van der Waals surface area contributed by atoms with Gasteiger partial charge in [-0.15, -0.1) is 0 Å². The molecule has 3 aromatic carbocycles. The second-order valence-electron chi connectivity index (χ2n) is 11.9. The second-order valence-corrected chi connectivity index (χ2v) is 11.9. The molecule has 0 bridgehead atoms. The van der Waals surface area contributed by atoms with Gasteiger partial charge in [0.05, 0.1) is 30.0 Å². The van der Waals surface area contributed by atoms with Crippen LogP contribution in [0, 0.1) is 11.6 Å². The molecule has 1 saturated heterocycles. The monoisotopic (exact) mass is 656 g/mol. The van der Waals surface area contributed by atoms with Crippen molar-refractivity contribution in [2.45, 2.75) is 12.8 Å². The average molecular weight is 657 g/mol. The van der Waals surface area contributed by atoms with Crippen molar-refractivity contribution < 1.29 is 18.3 Å². The van der Waals surface area contributed by atoms with Crippen LogP contribution >= 0.6 is 0 Å². The number of anilines is 1. The summed E-state index contributed by atoms with van der Waals surface area (Å²) in [6.45, 7) is 8.88. The standard InChI is InChI=1S/C39H34F2N6O2/c1-26(28-8-4-7-27(24-28)15-18-46-19-21-49-22-20-46)23-35-42-16-14-33(44-35)37-34-13-2-3-17-47(34)45-38(37)29-9-5-10-30(25-29)43-39(48)36-31(40)11-6-12-32(36)41/h2-14,16-17,24-25H,1,15,18-23H2,(H,43,48). The van der Waals surface area contributed by atoms with E-state index in [-0.39, 0.29) is 0 Å². The van der Waals surface area contributed by atoms with Crippen molar-refractivity contribution in [1.29, 1.82) is 0 Å². The maximum absolute atomic E-state index is 14.3. The first-order valence-corrected chi connectivity index (χ1v) is 16.2. The average Bonchev–Trinajstić information content (AvgIpc) is 3.51. The molecular weight excluding hydrogens is 622 g/mol. The molecule has 3 aromatic heterocycles. The van der Waals surface area contributed by atoms with E-state index in [9.17, 15) is 13.6 Å². The van der Waals surface area contributed by atoms with E-state index in [1.165, 1.54) is 11.6 Å². The maximum atomic E-state index is 14.3. The second kappa shape index (κ2) is 14.3. The lowest BCUT2D eigenvalue weighted by molar-refractivity contribution is 0.0384. The minimum atomic E-state index is -0.935. The highest BCUT2D eigenvalue weighted by Gasteiger charge is 2.21. The number of hydrogen-bond acceptors (Lipinski definition) is 6. The third kappa shape index (κ3) is 7.15. The van der Waals surface area contributed by atoms with Crippen LogP contribution in [0.5, 0.6) is 0 Å². The number of carbonyl (C=O) groups excluding carboxylic acids is 1. The van der Waals surface area contributed by atoms with Gasteiger partial charge in [-0.3, -0.25) is 9.69 Å². The molecule has 1 fully saturated rings. The molecule has 6 aromatic rings. The summed E-state index contributed by atoms with van der Waals surface area (Å²) in [5.74, 6) is -2.13.